The van der Waals surface area contributed by atoms with E-state index in [1.165, 1.54) is 12.7 Å². The van der Waals surface area contributed by atoms with Crippen molar-refractivity contribution in [3.05, 3.63) is 0 Å². The van der Waals surface area contributed by atoms with E-state index in [-0.39, 0.29) is 23.9 Å². The van der Waals surface area contributed by atoms with Crippen LogP contribution in [0, 0.1) is 17.8 Å². The van der Waals surface area contributed by atoms with Crippen molar-refractivity contribution in [3.63, 3.8) is 0 Å². The van der Waals surface area contributed by atoms with Gasteiger partial charge in [-0.25, -0.2) is 13.1 Å². The fourth-order valence-electron chi connectivity index (χ4n) is 4.43. The van der Waals surface area contributed by atoms with Gasteiger partial charge >= 0.3 is 0 Å². The average Bonchev–Trinajstić information content (AvgIpc) is 2.97. The quantitative estimate of drug-likeness (QED) is 0.761. The number of carbonyl (C=O) groups is 1. The van der Waals surface area contributed by atoms with Crippen LogP contribution >= 0.6 is 0 Å². The summed E-state index contributed by atoms with van der Waals surface area (Å²) in [7, 11) is -3.17. The SMILES string of the molecule is CS(=O)(=O)NC1CCN(C(=O)C2C3CCC(C3)C2N)CC1. The molecule has 120 valence electrons. The molecule has 2 saturated carbocycles. The predicted octanol–water partition coefficient (Wildman–Crippen LogP) is -0.1000. The number of hydrogen-bond acceptors (Lipinski definition) is 4. The Balaban J connectivity index is 1.56. The first kappa shape index (κ1) is 15.2. The Morgan fingerprint density at radius 1 is 1.14 bits per heavy atom. The molecule has 0 aromatic heterocycles. The van der Waals surface area contributed by atoms with Gasteiger partial charge in [-0.15, -0.1) is 0 Å². The van der Waals surface area contributed by atoms with Crippen LogP contribution in [0.15, 0.2) is 0 Å². The van der Waals surface area contributed by atoms with Crippen LogP contribution in [-0.4, -0.2) is 50.7 Å². The summed E-state index contributed by atoms with van der Waals surface area (Å²) in [6.45, 7) is 1.26. The van der Waals surface area contributed by atoms with Crippen LogP contribution < -0.4 is 10.5 Å². The molecule has 21 heavy (non-hydrogen) atoms. The van der Waals surface area contributed by atoms with E-state index in [4.69, 9.17) is 5.73 Å². The third-order valence-corrected chi connectivity index (χ3v) is 6.21. The summed E-state index contributed by atoms with van der Waals surface area (Å²) < 4.78 is 25.1. The largest absolute Gasteiger partial charge is 0.342 e. The zero-order valence-corrected chi connectivity index (χ0v) is 13.3. The van der Waals surface area contributed by atoms with E-state index in [0.717, 1.165) is 12.8 Å². The third kappa shape index (κ3) is 3.10. The fraction of sp³-hybridized carbons (Fsp3) is 0.929. The molecular weight excluding hydrogens is 290 g/mol. The molecule has 6 nitrogen and oxygen atoms in total. The van der Waals surface area contributed by atoms with Crippen LogP contribution in [0.5, 0.6) is 0 Å². The first-order valence-electron chi connectivity index (χ1n) is 7.87. The van der Waals surface area contributed by atoms with Gasteiger partial charge in [0.15, 0.2) is 0 Å². The van der Waals surface area contributed by atoms with Gasteiger partial charge in [-0.3, -0.25) is 4.79 Å². The Morgan fingerprint density at radius 2 is 1.76 bits per heavy atom. The van der Waals surface area contributed by atoms with Gasteiger partial charge in [0, 0.05) is 25.2 Å². The maximum absolute atomic E-state index is 12.7. The standard InChI is InChI=1S/C14H25N3O3S/c1-21(19,20)16-11-4-6-17(7-5-11)14(18)12-9-2-3-10(8-9)13(12)15/h9-13,16H,2-8,15H2,1H3. The lowest BCUT2D eigenvalue weighted by molar-refractivity contribution is -0.138. The molecule has 3 N–H and O–H groups in total. The van der Waals surface area contributed by atoms with Crippen LogP contribution in [0.4, 0.5) is 0 Å². The highest BCUT2D eigenvalue weighted by atomic mass is 32.2. The summed E-state index contributed by atoms with van der Waals surface area (Å²) in [5, 5.41) is 0. The smallest absolute Gasteiger partial charge is 0.227 e. The van der Waals surface area contributed by atoms with Crippen LogP contribution in [0.1, 0.15) is 32.1 Å². The number of piperidine rings is 1. The molecule has 1 amide bonds. The Kier molecular flexibility index (Phi) is 4.00. The normalized spacial score (nSPS) is 37.1. The predicted molar refractivity (Wildman–Crippen MR) is 79.9 cm³/mol. The second-order valence-corrected chi connectivity index (χ2v) is 8.71. The van der Waals surface area contributed by atoms with Gasteiger partial charge in [0.1, 0.15) is 0 Å². The number of amides is 1. The first-order chi connectivity index (χ1) is 9.85. The van der Waals surface area contributed by atoms with E-state index < -0.39 is 10.0 Å². The van der Waals surface area contributed by atoms with Crippen LogP contribution in [-0.2, 0) is 14.8 Å². The number of likely N-dealkylation sites (tertiary alicyclic amines) is 1. The molecule has 2 bridgehead atoms. The molecule has 0 radical (unpaired) electrons. The Labute approximate surface area is 126 Å². The molecule has 0 aromatic rings. The number of hydrogen-bond donors (Lipinski definition) is 2. The molecule has 4 unspecified atom stereocenters. The fourth-order valence-corrected chi connectivity index (χ4v) is 5.27. The van der Waals surface area contributed by atoms with Gasteiger partial charge in [-0.05, 0) is 43.9 Å². The molecule has 3 fully saturated rings. The molecule has 0 spiro atoms. The van der Waals surface area contributed by atoms with E-state index in [9.17, 15) is 13.2 Å². The molecule has 1 heterocycles. The number of fused-ring (bicyclic) bond motifs is 2. The minimum atomic E-state index is -3.17. The molecule has 7 heteroatoms. The lowest BCUT2D eigenvalue weighted by Gasteiger charge is -2.37. The highest BCUT2D eigenvalue weighted by Gasteiger charge is 2.50. The van der Waals surface area contributed by atoms with Crippen molar-refractivity contribution in [3.8, 4) is 0 Å². The van der Waals surface area contributed by atoms with Crippen molar-refractivity contribution in [1.29, 1.82) is 0 Å². The molecule has 0 aromatic carbocycles. The molecule has 4 atom stereocenters. The summed E-state index contributed by atoms with van der Waals surface area (Å²) in [4.78, 5) is 14.6. The topological polar surface area (TPSA) is 92.5 Å². The van der Waals surface area contributed by atoms with Crippen molar-refractivity contribution in [1.82, 2.24) is 9.62 Å². The Bertz CT molecular complexity index is 512. The van der Waals surface area contributed by atoms with E-state index in [0.29, 0.717) is 37.8 Å². The number of nitrogens with two attached hydrogens (primary N) is 1. The summed E-state index contributed by atoms with van der Waals surface area (Å²) in [5.74, 6) is 1.22. The van der Waals surface area contributed by atoms with Gasteiger partial charge in [-0.1, -0.05) is 0 Å². The molecular formula is C14H25N3O3S. The van der Waals surface area contributed by atoms with Gasteiger partial charge in [0.2, 0.25) is 15.9 Å². The van der Waals surface area contributed by atoms with Gasteiger partial charge in [0.25, 0.3) is 0 Å². The summed E-state index contributed by atoms with van der Waals surface area (Å²) in [6, 6.07) is -0.0131. The lowest BCUT2D eigenvalue weighted by atomic mass is 9.83. The number of nitrogens with one attached hydrogen (secondary N) is 1. The maximum atomic E-state index is 12.7. The zero-order chi connectivity index (χ0) is 15.2. The van der Waals surface area contributed by atoms with Crippen molar-refractivity contribution in [2.24, 2.45) is 23.5 Å². The third-order valence-electron chi connectivity index (χ3n) is 5.45. The van der Waals surface area contributed by atoms with Crippen LogP contribution in [0.3, 0.4) is 0 Å². The highest BCUT2D eigenvalue weighted by Crippen LogP contribution is 2.48. The van der Waals surface area contributed by atoms with E-state index in [2.05, 4.69) is 4.72 Å². The molecule has 1 aliphatic heterocycles. The van der Waals surface area contributed by atoms with E-state index in [1.54, 1.807) is 0 Å². The minimum absolute atomic E-state index is 0.00293. The van der Waals surface area contributed by atoms with Gasteiger partial charge in [-0.2, -0.15) is 0 Å². The van der Waals surface area contributed by atoms with Crippen molar-refractivity contribution >= 4 is 15.9 Å². The molecule has 3 aliphatic rings. The summed E-state index contributed by atoms with van der Waals surface area (Å²) in [6.07, 6.45) is 5.99. The maximum Gasteiger partial charge on any atom is 0.227 e. The van der Waals surface area contributed by atoms with Crippen molar-refractivity contribution in [2.45, 2.75) is 44.2 Å². The minimum Gasteiger partial charge on any atom is -0.342 e. The van der Waals surface area contributed by atoms with Gasteiger partial charge < -0.3 is 10.6 Å². The first-order valence-corrected chi connectivity index (χ1v) is 9.76. The number of rotatable bonds is 3. The van der Waals surface area contributed by atoms with Gasteiger partial charge in [0.05, 0.1) is 12.2 Å². The van der Waals surface area contributed by atoms with Crippen LogP contribution in [0.2, 0.25) is 0 Å². The summed E-state index contributed by atoms with van der Waals surface area (Å²) >= 11 is 0. The number of carbonyl (C=O) groups excluding carboxylic acids is 1. The molecule has 1 saturated heterocycles. The number of nitrogens with zero attached hydrogens (tertiary/aromatic N) is 1. The summed E-state index contributed by atoms with van der Waals surface area (Å²) in [5.41, 5.74) is 6.24. The molecule has 2 aliphatic carbocycles. The van der Waals surface area contributed by atoms with E-state index >= 15 is 0 Å². The second-order valence-electron chi connectivity index (χ2n) is 6.93. The monoisotopic (exact) mass is 315 g/mol. The molecule has 3 rings (SSSR count). The second kappa shape index (κ2) is 5.52. The Morgan fingerprint density at radius 3 is 2.29 bits per heavy atom. The van der Waals surface area contributed by atoms with E-state index in [1.807, 2.05) is 4.90 Å². The average molecular weight is 315 g/mol. The Hall–Kier alpha value is -0.660. The van der Waals surface area contributed by atoms with Crippen LogP contribution in [0.25, 0.3) is 0 Å². The number of sulfonamides is 1. The zero-order valence-electron chi connectivity index (χ0n) is 12.5. The van der Waals surface area contributed by atoms with Crippen molar-refractivity contribution in [2.75, 3.05) is 19.3 Å². The van der Waals surface area contributed by atoms with Crippen molar-refractivity contribution < 1.29 is 13.2 Å². The highest BCUT2D eigenvalue weighted by molar-refractivity contribution is 7.88. The lowest BCUT2D eigenvalue weighted by Crippen LogP contribution is -2.51.